The lowest BCUT2D eigenvalue weighted by Gasteiger charge is -2.41. The minimum Gasteiger partial charge on any atom is -0.235 e. The fourth-order valence-corrected chi connectivity index (χ4v) is 6.55. The van der Waals surface area contributed by atoms with Crippen molar-refractivity contribution in [3.8, 4) is 0 Å². The lowest BCUT2D eigenvalue weighted by molar-refractivity contribution is 0.219. The standard InChI is InChI=1S/C14H28N2S2/c1-11-7-5-8-12(2)15(11)17-18-16-13(3)9-6-10-14(16)4/h11-14H,5-10H2,1-4H3. The van der Waals surface area contributed by atoms with Crippen molar-refractivity contribution >= 4 is 22.0 Å². The Morgan fingerprint density at radius 3 is 1.17 bits per heavy atom. The Morgan fingerprint density at radius 2 is 0.889 bits per heavy atom. The minimum atomic E-state index is 0.738. The van der Waals surface area contributed by atoms with Crippen LogP contribution in [0.5, 0.6) is 0 Å². The van der Waals surface area contributed by atoms with E-state index in [0.29, 0.717) is 0 Å². The Kier molecular flexibility index (Phi) is 5.73. The summed E-state index contributed by atoms with van der Waals surface area (Å²) in [6.07, 6.45) is 8.26. The number of hydrogen-bond donors (Lipinski definition) is 0. The first-order valence-electron chi connectivity index (χ1n) is 7.51. The largest absolute Gasteiger partial charge is 0.235 e. The lowest BCUT2D eigenvalue weighted by atomic mass is 10.0. The lowest BCUT2D eigenvalue weighted by Crippen LogP contribution is -2.41. The van der Waals surface area contributed by atoms with Crippen molar-refractivity contribution in [2.75, 3.05) is 0 Å². The maximum atomic E-state index is 2.63. The molecule has 4 heteroatoms. The molecule has 106 valence electrons. The highest BCUT2D eigenvalue weighted by Crippen LogP contribution is 2.41. The van der Waals surface area contributed by atoms with Gasteiger partial charge in [0.05, 0.1) is 0 Å². The molecule has 0 aliphatic carbocycles. The van der Waals surface area contributed by atoms with E-state index >= 15 is 0 Å². The summed E-state index contributed by atoms with van der Waals surface area (Å²) in [4.78, 5) is 0. The summed E-state index contributed by atoms with van der Waals surface area (Å²) in [5, 5.41) is 0. The predicted molar refractivity (Wildman–Crippen MR) is 84.4 cm³/mol. The number of rotatable bonds is 3. The van der Waals surface area contributed by atoms with Gasteiger partial charge >= 0.3 is 0 Å². The molecule has 2 saturated heterocycles. The predicted octanol–water partition coefficient (Wildman–Crippen LogP) is 4.72. The van der Waals surface area contributed by atoms with Gasteiger partial charge in [-0.05, 0) is 53.4 Å². The second-order valence-electron chi connectivity index (χ2n) is 6.13. The van der Waals surface area contributed by atoms with Crippen molar-refractivity contribution in [1.82, 2.24) is 8.61 Å². The molecule has 0 aromatic carbocycles. The van der Waals surface area contributed by atoms with Crippen molar-refractivity contribution in [3.05, 3.63) is 0 Å². The molecule has 2 rings (SSSR count). The van der Waals surface area contributed by atoms with Gasteiger partial charge in [0.1, 0.15) is 0 Å². The van der Waals surface area contributed by atoms with E-state index in [-0.39, 0.29) is 0 Å². The number of nitrogens with zero attached hydrogens (tertiary/aromatic N) is 2. The third kappa shape index (κ3) is 3.59. The van der Waals surface area contributed by atoms with Crippen LogP contribution in [0.25, 0.3) is 0 Å². The summed E-state index contributed by atoms with van der Waals surface area (Å²) in [5.74, 6) is 0. The molecule has 0 radical (unpaired) electrons. The van der Waals surface area contributed by atoms with E-state index in [2.05, 4.69) is 36.3 Å². The van der Waals surface area contributed by atoms with E-state index in [1.165, 1.54) is 38.5 Å². The van der Waals surface area contributed by atoms with Gasteiger partial charge in [-0.3, -0.25) is 0 Å². The molecule has 4 unspecified atom stereocenters. The molecule has 2 aliphatic rings. The van der Waals surface area contributed by atoms with Crippen LogP contribution in [0.4, 0.5) is 0 Å². The molecule has 0 bridgehead atoms. The van der Waals surface area contributed by atoms with Gasteiger partial charge in [-0.2, -0.15) is 0 Å². The van der Waals surface area contributed by atoms with E-state index in [4.69, 9.17) is 0 Å². The quantitative estimate of drug-likeness (QED) is 0.547. The van der Waals surface area contributed by atoms with Crippen LogP contribution in [-0.2, 0) is 0 Å². The van der Waals surface area contributed by atoms with Crippen molar-refractivity contribution in [3.63, 3.8) is 0 Å². The van der Waals surface area contributed by atoms with E-state index in [0.717, 1.165) is 24.2 Å². The molecule has 2 fully saturated rings. The minimum absolute atomic E-state index is 0.738. The van der Waals surface area contributed by atoms with Gasteiger partial charge in [-0.1, -0.05) is 12.8 Å². The highest BCUT2D eigenvalue weighted by molar-refractivity contribution is 8.74. The van der Waals surface area contributed by atoms with Crippen molar-refractivity contribution in [1.29, 1.82) is 0 Å². The first-order valence-corrected chi connectivity index (χ1v) is 9.57. The highest BCUT2D eigenvalue weighted by Gasteiger charge is 2.30. The molecule has 0 amide bonds. The molecular formula is C14H28N2S2. The Hall–Kier alpha value is 0.620. The fourth-order valence-electron chi connectivity index (χ4n) is 3.17. The van der Waals surface area contributed by atoms with Crippen LogP contribution in [0.2, 0.25) is 0 Å². The first kappa shape index (κ1) is 15.0. The van der Waals surface area contributed by atoms with Crippen LogP contribution in [0, 0.1) is 0 Å². The summed E-state index contributed by atoms with van der Waals surface area (Å²) >= 11 is 0. The average molecular weight is 289 g/mol. The SMILES string of the molecule is CC1CCCC(C)N1SSN1C(C)CCCC1C. The van der Waals surface area contributed by atoms with Gasteiger partial charge in [-0.15, -0.1) is 0 Å². The highest BCUT2D eigenvalue weighted by atomic mass is 33.1. The molecule has 0 aromatic rings. The zero-order valence-electron chi connectivity index (χ0n) is 12.3. The smallest absolute Gasteiger partial charge is 0.0185 e. The second-order valence-corrected chi connectivity index (χ2v) is 8.16. The fraction of sp³-hybridized carbons (Fsp3) is 1.00. The maximum absolute atomic E-state index is 2.63. The zero-order chi connectivity index (χ0) is 13.1. The van der Waals surface area contributed by atoms with Crippen LogP contribution < -0.4 is 0 Å². The van der Waals surface area contributed by atoms with Crippen molar-refractivity contribution < 1.29 is 0 Å². The summed E-state index contributed by atoms with van der Waals surface area (Å²) in [5.41, 5.74) is 0. The normalized spacial score (nSPS) is 40.0. The Morgan fingerprint density at radius 1 is 0.611 bits per heavy atom. The summed E-state index contributed by atoms with van der Waals surface area (Å²) in [6.45, 7) is 9.52. The molecule has 0 N–H and O–H groups in total. The molecule has 2 aliphatic heterocycles. The van der Waals surface area contributed by atoms with Crippen LogP contribution in [-0.4, -0.2) is 32.8 Å². The summed E-state index contributed by atoms with van der Waals surface area (Å²) in [6, 6.07) is 2.95. The molecule has 4 atom stereocenters. The average Bonchev–Trinajstić information content (AvgIpc) is 2.31. The Labute approximate surface area is 121 Å². The topological polar surface area (TPSA) is 6.48 Å². The number of piperidine rings is 2. The van der Waals surface area contributed by atoms with Crippen LogP contribution in [0.1, 0.15) is 66.2 Å². The third-order valence-corrected chi connectivity index (χ3v) is 7.51. The van der Waals surface area contributed by atoms with E-state index in [1.54, 1.807) is 0 Å². The molecule has 2 nitrogen and oxygen atoms in total. The zero-order valence-corrected chi connectivity index (χ0v) is 13.9. The van der Waals surface area contributed by atoms with Gasteiger partial charge in [-0.25, -0.2) is 8.61 Å². The maximum Gasteiger partial charge on any atom is 0.0185 e. The van der Waals surface area contributed by atoms with Gasteiger partial charge in [0.15, 0.2) is 0 Å². The first-order chi connectivity index (χ1) is 8.59. The molecule has 0 spiro atoms. The monoisotopic (exact) mass is 288 g/mol. The summed E-state index contributed by atoms with van der Waals surface area (Å²) in [7, 11) is 4.01. The number of hydrogen-bond acceptors (Lipinski definition) is 4. The van der Waals surface area contributed by atoms with Gasteiger partial charge in [0.2, 0.25) is 0 Å². The van der Waals surface area contributed by atoms with Crippen molar-refractivity contribution in [2.45, 2.75) is 90.4 Å². The van der Waals surface area contributed by atoms with E-state index < -0.39 is 0 Å². The van der Waals surface area contributed by atoms with Crippen LogP contribution in [0.15, 0.2) is 0 Å². The Balaban J connectivity index is 1.85. The Bertz CT molecular complexity index is 216. The molecule has 2 heterocycles. The van der Waals surface area contributed by atoms with Crippen molar-refractivity contribution in [2.24, 2.45) is 0 Å². The van der Waals surface area contributed by atoms with Crippen LogP contribution in [0.3, 0.4) is 0 Å². The van der Waals surface area contributed by atoms with Crippen LogP contribution >= 0.6 is 22.0 Å². The summed E-state index contributed by atoms with van der Waals surface area (Å²) < 4.78 is 5.25. The second kappa shape index (κ2) is 6.87. The third-order valence-electron chi connectivity index (χ3n) is 4.43. The molecule has 18 heavy (non-hydrogen) atoms. The van der Waals surface area contributed by atoms with Gasteiger partial charge in [0.25, 0.3) is 0 Å². The molecule has 0 saturated carbocycles. The van der Waals surface area contributed by atoms with Gasteiger partial charge in [0, 0.05) is 46.1 Å². The van der Waals surface area contributed by atoms with E-state index in [1.807, 2.05) is 22.0 Å². The van der Waals surface area contributed by atoms with Gasteiger partial charge < -0.3 is 0 Å². The molecular weight excluding hydrogens is 260 g/mol. The van der Waals surface area contributed by atoms with E-state index in [9.17, 15) is 0 Å². The molecule has 0 aromatic heterocycles.